The Labute approximate surface area is 65.0 Å². The van der Waals surface area contributed by atoms with Crippen LogP contribution >= 0.6 is 0 Å². The molecule has 0 aromatic carbocycles. The summed E-state index contributed by atoms with van der Waals surface area (Å²) >= 11 is 0. The highest BCUT2D eigenvalue weighted by molar-refractivity contribution is 4.92. The van der Waals surface area contributed by atoms with E-state index >= 15 is 0 Å². The lowest BCUT2D eigenvalue weighted by Crippen LogP contribution is -2.29. The monoisotopic (exact) mass is 151 g/mol. The number of hydrogen-bond donors (Lipinski definition) is 1. The second-order valence-electron chi connectivity index (χ2n) is 1.79. The van der Waals surface area contributed by atoms with E-state index in [0.29, 0.717) is 6.54 Å². The lowest BCUT2D eigenvalue weighted by atomic mass is 10.3. The molecule has 0 radical (unpaired) electrons. The molecule has 0 spiro atoms. The summed E-state index contributed by atoms with van der Waals surface area (Å²) in [6.07, 6.45) is 1.64. The van der Waals surface area contributed by atoms with Crippen LogP contribution in [-0.2, 0) is 0 Å². The van der Waals surface area contributed by atoms with Gasteiger partial charge in [0.05, 0.1) is 12.6 Å². The van der Waals surface area contributed by atoms with Crippen LogP contribution < -0.4 is 5.32 Å². The van der Waals surface area contributed by atoms with Crippen molar-refractivity contribution in [3.63, 3.8) is 0 Å². The van der Waals surface area contributed by atoms with E-state index < -0.39 is 6.04 Å². The summed E-state index contributed by atoms with van der Waals surface area (Å²) in [7, 11) is 0. The van der Waals surface area contributed by atoms with Gasteiger partial charge in [0.15, 0.2) is 0 Å². The van der Waals surface area contributed by atoms with Crippen molar-refractivity contribution in [2.75, 3.05) is 13.1 Å². The Kier molecular flexibility index (Phi) is 5.72. The summed E-state index contributed by atoms with van der Waals surface area (Å²) in [5.41, 5.74) is 7.94. The van der Waals surface area contributed by atoms with E-state index in [1.54, 1.807) is 6.08 Å². The molecular formula is C6H9N5. The average Bonchev–Trinajstić information content (AvgIpc) is 2.05. The molecule has 5 heteroatoms. The third-order valence-electron chi connectivity index (χ3n) is 0.992. The first-order chi connectivity index (χ1) is 5.35. The fourth-order valence-corrected chi connectivity index (χ4v) is 0.495. The molecule has 0 amide bonds. The van der Waals surface area contributed by atoms with Gasteiger partial charge >= 0.3 is 0 Å². The molecule has 0 aromatic heterocycles. The molecule has 0 saturated heterocycles. The van der Waals surface area contributed by atoms with Gasteiger partial charge in [-0.1, -0.05) is 11.2 Å². The van der Waals surface area contributed by atoms with Crippen molar-refractivity contribution < 1.29 is 0 Å². The van der Waals surface area contributed by atoms with Crippen LogP contribution in [0.2, 0.25) is 0 Å². The van der Waals surface area contributed by atoms with Crippen molar-refractivity contribution in [1.29, 1.82) is 5.26 Å². The minimum Gasteiger partial charge on any atom is -0.298 e. The molecule has 5 nitrogen and oxygen atoms in total. The van der Waals surface area contributed by atoms with E-state index in [1.807, 2.05) is 6.07 Å². The van der Waals surface area contributed by atoms with Crippen LogP contribution in [0.15, 0.2) is 17.8 Å². The van der Waals surface area contributed by atoms with Crippen molar-refractivity contribution in [1.82, 2.24) is 5.32 Å². The molecule has 0 aliphatic rings. The molecule has 0 aromatic rings. The van der Waals surface area contributed by atoms with Crippen LogP contribution in [0.25, 0.3) is 10.4 Å². The fourth-order valence-electron chi connectivity index (χ4n) is 0.495. The Bertz CT molecular complexity index is 198. The van der Waals surface area contributed by atoms with Crippen molar-refractivity contribution in [2.24, 2.45) is 5.11 Å². The molecule has 0 fully saturated rings. The molecule has 11 heavy (non-hydrogen) atoms. The van der Waals surface area contributed by atoms with E-state index in [1.165, 1.54) is 0 Å². The van der Waals surface area contributed by atoms with E-state index in [0.717, 1.165) is 0 Å². The summed E-state index contributed by atoms with van der Waals surface area (Å²) in [6.45, 7) is 4.17. The Morgan fingerprint density at radius 1 is 1.91 bits per heavy atom. The van der Waals surface area contributed by atoms with Crippen LogP contribution in [0.3, 0.4) is 0 Å². The zero-order valence-corrected chi connectivity index (χ0v) is 6.06. The fraction of sp³-hybridized carbons (Fsp3) is 0.500. The Morgan fingerprint density at radius 3 is 3.09 bits per heavy atom. The second kappa shape index (κ2) is 6.62. The van der Waals surface area contributed by atoms with Gasteiger partial charge in [0, 0.05) is 11.5 Å². The minimum absolute atomic E-state index is 0.154. The zero-order valence-electron chi connectivity index (χ0n) is 6.06. The van der Waals surface area contributed by atoms with E-state index in [-0.39, 0.29) is 6.54 Å². The molecule has 0 aliphatic heterocycles. The maximum absolute atomic E-state index is 8.45. The van der Waals surface area contributed by atoms with Crippen LogP contribution in [0.5, 0.6) is 0 Å². The summed E-state index contributed by atoms with van der Waals surface area (Å²) in [4.78, 5) is 2.54. The van der Waals surface area contributed by atoms with E-state index in [9.17, 15) is 0 Å². The quantitative estimate of drug-likeness (QED) is 0.274. The zero-order chi connectivity index (χ0) is 8.53. The highest BCUT2D eigenvalue weighted by atomic mass is 15.1. The normalized spacial score (nSPS) is 10.8. The largest absolute Gasteiger partial charge is 0.298 e. The molecule has 0 rings (SSSR count). The molecule has 0 saturated carbocycles. The van der Waals surface area contributed by atoms with Gasteiger partial charge in [0.25, 0.3) is 0 Å². The molecular weight excluding hydrogens is 142 g/mol. The number of nitrogens with zero attached hydrogens (tertiary/aromatic N) is 4. The Balaban J connectivity index is 3.68. The first-order valence-electron chi connectivity index (χ1n) is 3.10. The molecule has 0 heterocycles. The lowest BCUT2D eigenvalue weighted by molar-refractivity contribution is 0.651. The lowest BCUT2D eigenvalue weighted by Gasteiger charge is -2.03. The first-order valence-corrected chi connectivity index (χ1v) is 3.10. The minimum atomic E-state index is -0.413. The Hall–Kier alpha value is -1.50. The van der Waals surface area contributed by atoms with Gasteiger partial charge in [-0.25, -0.2) is 0 Å². The molecule has 1 atom stereocenters. The van der Waals surface area contributed by atoms with Gasteiger partial charge in [-0.15, -0.1) is 6.58 Å². The number of hydrogen-bond acceptors (Lipinski definition) is 3. The number of azide groups is 1. The van der Waals surface area contributed by atoms with Crippen molar-refractivity contribution >= 4 is 0 Å². The van der Waals surface area contributed by atoms with E-state index in [2.05, 4.69) is 21.9 Å². The number of nitriles is 1. The van der Waals surface area contributed by atoms with Crippen LogP contribution in [0.4, 0.5) is 0 Å². The number of rotatable bonds is 5. The summed E-state index contributed by atoms with van der Waals surface area (Å²) in [5, 5.41) is 14.5. The van der Waals surface area contributed by atoms with Crippen LogP contribution in [0, 0.1) is 11.3 Å². The third-order valence-corrected chi connectivity index (χ3v) is 0.992. The summed E-state index contributed by atoms with van der Waals surface area (Å²) in [6, 6.07) is 1.53. The SMILES string of the molecule is C=CCNC(C#N)CN=[N+]=[N-]. The highest BCUT2D eigenvalue weighted by Crippen LogP contribution is 1.82. The molecule has 1 N–H and O–H groups in total. The maximum Gasteiger partial charge on any atom is 0.101 e. The predicted molar refractivity (Wildman–Crippen MR) is 41.6 cm³/mol. The molecule has 1 unspecified atom stereocenters. The van der Waals surface area contributed by atoms with Crippen LogP contribution in [-0.4, -0.2) is 19.1 Å². The summed E-state index contributed by atoms with van der Waals surface area (Å²) < 4.78 is 0. The van der Waals surface area contributed by atoms with Crippen molar-refractivity contribution in [3.8, 4) is 6.07 Å². The molecule has 0 bridgehead atoms. The van der Waals surface area contributed by atoms with Gasteiger partial charge in [0.2, 0.25) is 0 Å². The number of nitrogens with one attached hydrogen (secondary N) is 1. The summed E-state index contributed by atoms with van der Waals surface area (Å²) in [5.74, 6) is 0. The van der Waals surface area contributed by atoms with Gasteiger partial charge in [-0.3, -0.25) is 5.32 Å². The van der Waals surface area contributed by atoms with Gasteiger partial charge in [0.1, 0.15) is 6.04 Å². The standard InChI is InChI=1S/C6H9N5/c1-2-3-9-6(4-7)5-10-11-8/h2,6,9H,1,3,5H2. The van der Waals surface area contributed by atoms with Crippen LogP contribution in [0.1, 0.15) is 0 Å². The van der Waals surface area contributed by atoms with Gasteiger partial charge < -0.3 is 0 Å². The third kappa shape index (κ3) is 4.97. The molecule has 0 aliphatic carbocycles. The van der Waals surface area contributed by atoms with Crippen molar-refractivity contribution in [2.45, 2.75) is 6.04 Å². The maximum atomic E-state index is 8.45. The molecule has 58 valence electrons. The van der Waals surface area contributed by atoms with Gasteiger partial charge in [-0.2, -0.15) is 5.26 Å². The average molecular weight is 151 g/mol. The van der Waals surface area contributed by atoms with E-state index in [4.69, 9.17) is 10.8 Å². The Morgan fingerprint density at radius 2 is 2.64 bits per heavy atom. The van der Waals surface area contributed by atoms with Gasteiger partial charge in [-0.05, 0) is 5.53 Å². The first kappa shape index (κ1) is 9.50. The van der Waals surface area contributed by atoms with Crippen molar-refractivity contribution in [3.05, 3.63) is 23.1 Å². The topological polar surface area (TPSA) is 84.6 Å². The highest BCUT2D eigenvalue weighted by Gasteiger charge is 2.01. The predicted octanol–water partition coefficient (Wildman–Crippen LogP) is 0.964. The smallest absolute Gasteiger partial charge is 0.101 e. The second-order valence-corrected chi connectivity index (χ2v) is 1.79.